The van der Waals surface area contributed by atoms with Gasteiger partial charge in [-0.2, -0.15) is 5.10 Å². The number of hydrogen-bond acceptors (Lipinski definition) is 3. The van der Waals surface area contributed by atoms with Crippen LogP contribution in [-0.2, 0) is 4.79 Å². The molecule has 0 spiro atoms. The minimum Gasteiger partial charge on any atom is -0.272 e. The number of carbonyl (C=O) groups is 1. The maximum atomic E-state index is 12.8. The fourth-order valence-corrected chi connectivity index (χ4v) is 3.21. The third-order valence-electron chi connectivity index (χ3n) is 3.74. The van der Waals surface area contributed by atoms with Gasteiger partial charge in [-0.3, -0.25) is 4.79 Å². The zero-order valence-corrected chi connectivity index (χ0v) is 14.2. The number of hydrazone groups is 1. The summed E-state index contributed by atoms with van der Waals surface area (Å²) < 4.78 is 0. The van der Waals surface area contributed by atoms with Gasteiger partial charge in [-0.15, -0.1) is 11.3 Å². The van der Waals surface area contributed by atoms with Crippen LogP contribution in [0.25, 0.3) is 0 Å². The topological polar surface area (TPSA) is 41.5 Å². The van der Waals surface area contributed by atoms with Crippen LogP contribution in [0.2, 0.25) is 0 Å². The molecule has 3 nitrogen and oxygen atoms in total. The van der Waals surface area contributed by atoms with Gasteiger partial charge in [0.15, 0.2) is 0 Å². The van der Waals surface area contributed by atoms with Crippen molar-refractivity contribution >= 4 is 23.0 Å². The summed E-state index contributed by atoms with van der Waals surface area (Å²) in [6.45, 7) is 1.89. The highest BCUT2D eigenvalue weighted by molar-refractivity contribution is 7.12. The molecule has 0 bridgehead atoms. The Labute approximate surface area is 145 Å². The SMILES string of the molecule is C/C(=N/NC(=O)C(c1ccccc1)c1ccccc1)c1cccs1. The third-order valence-corrected chi connectivity index (χ3v) is 4.72. The Balaban J connectivity index is 1.86. The Bertz CT molecular complexity index is 772. The molecule has 1 amide bonds. The predicted octanol–water partition coefficient (Wildman–Crippen LogP) is 4.42. The van der Waals surface area contributed by atoms with E-state index in [4.69, 9.17) is 0 Å². The van der Waals surface area contributed by atoms with Crippen molar-refractivity contribution in [2.24, 2.45) is 5.10 Å². The smallest absolute Gasteiger partial charge is 0.252 e. The predicted molar refractivity (Wildman–Crippen MR) is 99.4 cm³/mol. The minimum atomic E-state index is -0.382. The van der Waals surface area contributed by atoms with Gasteiger partial charge in [0.1, 0.15) is 0 Å². The molecule has 24 heavy (non-hydrogen) atoms. The highest BCUT2D eigenvalue weighted by Gasteiger charge is 2.22. The van der Waals surface area contributed by atoms with Crippen molar-refractivity contribution in [1.82, 2.24) is 5.43 Å². The fraction of sp³-hybridized carbons (Fsp3) is 0.100. The van der Waals surface area contributed by atoms with Crippen molar-refractivity contribution in [3.63, 3.8) is 0 Å². The molecule has 0 saturated carbocycles. The first kappa shape index (κ1) is 16.1. The summed E-state index contributed by atoms with van der Waals surface area (Å²) in [4.78, 5) is 13.9. The summed E-state index contributed by atoms with van der Waals surface area (Å²) in [5, 5.41) is 6.26. The van der Waals surface area contributed by atoms with Crippen molar-refractivity contribution in [2.75, 3.05) is 0 Å². The van der Waals surface area contributed by atoms with Crippen LogP contribution in [0.3, 0.4) is 0 Å². The lowest BCUT2D eigenvalue weighted by Gasteiger charge is -2.16. The molecule has 0 unspecified atom stereocenters. The molecule has 0 radical (unpaired) electrons. The Kier molecular flexibility index (Phi) is 5.18. The van der Waals surface area contributed by atoms with Crippen molar-refractivity contribution < 1.29 is 4.79 Å². The quantitative estimate of drug-likeness (QED) is 0.544. The number of nitrogens with zero attached hydrogens (tertiary/aromatic N) is 1. The number of benzene rings is 2. The van der Waals surface area contributed by atoms with Crippen LogP contribution in [0.15, 0.2) is 83.3 Å². The van der Waals surface area contributed by atoms with Crippen LogP contribution in [-0.4, -0.2) is 11.6 Å². The molecule has 0 aliphatic rings. The average molecular weight is 334 g/mol. The lowest BCUT2D eigenvalue weighted by molar-refractivity contribution is -0.121. The van der Waals surface area contributed by atoms with Gasteiger partial charge < -0.3 is 0 Å². The van der Waals surface area contributed by atoms with Crippen molar-refractivity contribution in [3.05, 3.63) is 94.2 Å². The molecule has 0 atom stereocenters. The number of rotatable bonds is 5. The van der Waals surface area contributed by atoms with E-state index in [9.17, 15) is 4.79 Å². The number of amides is 1. The maximum Gasteiger partial charge on any atom is 0.252 e. The van der Waals surface area contributed by atoms with E-state index in [2.05, 4.69) is 10.5 Å². The molecular weight excluding hydrogens is 316 g/mol. The highest BCUT2D eigenvalue weighted by Crippen LogP contribution is 2.24. The molecule has 1 heterocycles. The van der Waals surface area contributed by atoms with E-state index >= 15 is 0 Å². The summed E-state index contributed by atoms with van der Waals surface area (Å²) in [5.74, 6) is -0.518. The van der Waals surface area contributed by atoms with Crippen molar-refractivity contribution in [1.29, 1.82) is 0 Å². The van der Waals surface area contributed by atoms with Crippen molar-refractivity contribution in [2.45, 2.75) is 12.8 Å². The molecule has 0 saturated heterocycles. The Hall–Kier alpha value is -2.72. The van der Waals surface area contributed by atoms with Crippen LogP contribution < -0.4 is 5.43 Å². The van der Waals surface area contributed by atoms with Crippen LogP contribution in [0, 0.1) is 0 Å². The largest absolute Gasteiger partial charge is 0.272 e. The first-order valence-electron chi connectivity index (χ1n) is 7.73. The maximum absolute atomic E-state index is 12.8. The van der Waals surface area contributed by atoms with Gasteiger partial charge in [-0.25, -0.2) is 5.43 Å². The van der Waals surface area contributed by atoms with Gasteiger partial charge in [-0.1, -0.05) is 66.7 Å². The summed E-state index contributed by atoms with van der Waals surface area (Å²) in [5.41, 5.74) is 5.43. The molecule has 0 aliphatic heterocycles. The standard InChI is InChI=1S/C20H18N2OS/c1-15(18-13-8-14-24-18)21-22-20(23)19(16-9-4-2-5-10-16)17-11-6-3-7-12-17/h2-14,19H,1H3,(H,22,23)/b21-15-. The van der Waals surface area contributed by atoms with Gasteiger partial charge in [0, 0.05) is 4.88 Å². The van der Waals surface area contributed by atoms with E-state index in [-0.39, 0.29) is 11.8 Å². The van der Waals surface area contributed by atoms with Crippen LogP contribution in [0.4, 0.5) is 0 Å². The second-order valence-corrected chi connectivity index (χ2v) is 6.35. The van der Waals surface area contributed by atoms with E-state index in [1.165, 1.54) is 0 Å². The van der Waals surface area contributed by atoms with E-state index in [1.54, 1.807) is 11.3 Å². The molecule has 120 valence electrons. The lowest BCUT2D eigenvalue weighted by Crippen LogP contribution is -2.27. The Morgan fingerprint density at radius 2 is 1.50 bits per heavy atom. The average Bonchev–Trinajstić information content (AvgIpc) is 3.16. The van der Waals surface area contributed by atoms with E-state index in [1.807, 2.05) is 85.1 Å². The monoisotopic (exact) mass is 334 g/mol. The molecule has 0 aliphatic carbocycles. The zero-order valence-electron chi connectivity index (χ0n) is 13.3. The molecule has 1 aromatic heterocycles. The minimum absolute atomic E-state index is 0.136. The van der Waals surface area contributed by atoms with Crippen LogP contribution in [0.5, 0.6) is 0 Å². The second kappa shape index (κ2) is 7.70. The Morgan fingerprint density at radius 3 is 2.00 bits per heavy atom. The molecular formula is C20H18N2OS. The van der Waals surface area contributed by atoms with E-state index in [0.717, 1.165) is 21.7 Å². The Morgan fingerprint density at radius 1 is 0.917 bits per heavy atom. The molecule has 0 fully saturated rings. The highest BCUT2D eigenvalue weighted by atomic mass is 32.1. The lowest BCUT2D eigenvalue weighted by atomic mass is 9.91. The van der Waals surface area contributed by atoms with E-state index in [0.29, 0.717) is 0 Å². The number of hydrogen-bond donors (Lipinski definition) is 1. The van der Waals surface area contributed by atoms with Crippen molar-refractivity contribution in [3.8, 4) is 0 Å². The fourth-order valence-electron chi connectivity index (χ4n) is 2.53. The van der Waals surface area contributed by atoms with E-state index < -0.39 is 0 Å². The zero-order chi connectivity index (χ0) is 16.8. The third kappa shape index (κ3) is 3.78. The molecule has 4 heteroatoms. The van der Waals surface area contributed by atoms with Gasteiger partial charge in [0.25, 0.3) is 5.91 Å². The summed E-state index contributed by atoms with van der Waals surface area (Å²) in [7, 11) is 0. The van der Waals surface area contributed by atoms with Crippen LogP contribution >= 0.6 is 11.3 Å². The molecule has 2 aromatic carbocycles. The molecule has 1 N–H and O–H groups in total. The molecule has 3 rings (SSSR count). The molecule has 3 aromatic rings. The van der Waals surface area contributed by atoms with Crippen LogP contribution in [0.1, 0.15) is 28.8 Å². The summed E-state index contributed by atoms with van der Waals surface area (Å²) >= 11 is 1.60. The summed E-state index contributed by atoms with van der Waals surface area (Å²) in [6.07, 6.45) is 0. The second-order valence-electron chi connectivity index (χ2n) is 5.40. The van der Waals surface area contributed by atoms with Gasteiger partial charge in [0.2, 0.25) is 0 Å². The summed E-state index contributed by atoms with van der Waals surface area (Å²) in [6, 6.07) is 23.5. The normalized spacial score (nSPS) is 11.5. The van der Waals surface area contributed by atoms with Gasteiger partial charge in [0.05, 0.1) is 11.6 Å². The first-order chi connectivity index (χ1) is 11.8. The number of carbonyl (C=O) groups excluding carboxylic acids is 1. The number of thiophene rings is 1. The van der Waals surface area contributed by atoms with Gasteiger partial charge in [-0.05, 0) is 29.5 Å². The number of nitrogens with one attached hydrogen (secondary N) is 1. The first-order valence-corrected chi connectivity index (χ1v) is 8.61. The van der Waals surface area contributed by atoms with Gasteiger partial charge >= 0.3 is 0 Å².